The summed E-state index contributed by atoms with van der Waals surface area (Å²) in [6.45, 7) is 0.951. The molecule has 0 fully saturated rings. The highest BCUT2D eigenvalue weighted by atomic mass is 16.5. The number of carbonyl (C=O) groups excluding carboxylic acids is 2. The molecule has 2 aromatic rings. The SMILES string of the molecule is O=C(OCCCCCCCCCOC(=O)c1ccccc1)c1ccccc1. The quantitative estimate of drug-likeness (QED) is 0.370. The van der Waals surface area contributed by atoms with Gasteiger partial charge < -0.3 is 9.47 Å². The van der Waals surface area contributed by atoms with Crippen molar-refractivity contribution in [3.8, 4) is 0 Å². The van der Waals surface area contributed by atoms with Gasteiger partial charge in [0.2, 0.25) is 0 Å². The van der Waals surface area contributed by atoms with Crippen molar-refractivity contribution < 1.29 is 19.1 Å². The number of ether oxygens (including phenoxy) is 2. The Kier molecular flexibility index (Phi) is 9.72. The molecule has 0 aromatic heterocycles. The van der Waals surface area contributed by atoms with Gasteiger partial charge in [-0.25, -0.2) is 9.59 Å². The van der Waals surface area contributed by atoms with Crippen LogP contribution in [0.5, 0.6) is 0 Å². The molecule has 0 N–H and O–H groups in total. The van der Waals surface area contributed by atoms with Gasteiger partial charge in [0.1, 0.15) is 0 Å². The molecule has 4 heteroatoms. The minimum Gasteiger partial charge on any atom is -0.462 e. The van der Waals surface area contributed by atoms with Gasteiger partial charge in [-0.2, -0.15) is 0 Å². The lowest BCUT2D eigenvalue weighted by molar-refractivity contribution is 0.0490. The van der Waals surface area contributed by atoms with E-state index in [-0.39, 0.29) is 11.9 Å². The van der Waals surface area contributed by atoms with Crippen molar-refractivity contribution in [2.45, 2.75) is 44.9 Å². The van der Waals surface area contributed by atoms with E-state index in [1.54, 1.807) is 24.3 Å². The first-order valence-corrected chi connectivity index (χ1v) is 9.72. The van der Waals surface area contributed by atoms with E-state index in [1.165, 1.54) is 0 Å². The van der Waals surface area contributed by atoms with E-state index in [0.29, 0.717) is 24.3 Å². The van der Waals surface area contributed by atoms with E-state index < -0.39 is 0 Å². The average Bonchev–Trinajstić information content (AvgIpc) is 2.73. The maximum absolute atomic E-state index is 11.8. The summed E-state index contributed by atoms with van der Waals surface area (Å²) in [4.78, 5) is 23.5. The van der Waals surface area contributed by atoms with Gasteiger partial charge in [-0.15, -0.1) is 0 Å². The first kappa shape index (κ1) is 20.7. The molecule has 27 heavy (non-hydrogen) atoms. The van der Waals surface area contributed by atoms with Gasteiger partial charge in [-0.3, -0.25) is 0 Å². The fourth-order valence-electron chi connectivity index (χ4n) is 2.73. The highest BCUT2D eigenvalue weighted by Gasteiger charge is 2.06. The summed E-state index contributed by atoms with van der Waals surface area (Å²) in [5, 5.41) is 0. The Bertz CT molecular complexity index is 608. The molecule has 0 aliphatic rings. The Labute approximate surface area is 161 Å². The van der Waals surface area contributed by atoms with Crippen LogP contribution in [-0.4, -0.2) is 25.2 Å². The van der Waals surface area contributed by atoms with Crippen molar-refractivity contribution in [3.05, 3.63) is 71.8 Å². The fraction of sp³-hybridized carbons (Fsp3) is 0.391. The lowest BCUT2D eigenvalue weighted by atomic mass is 10.1. The molecule has 0 spiro atoms. The van der Waals surface area contributed by atoms with Crippen LogP contribution in [-0.2, 0) is 9.47 Å². The molecule has 0 radical (unpaired) electrons. The number of carbonyl (C=O) groups is 2. The van der Waals surface area contributed by atoms with E-state index in [1.807, 2.05) is 36.4 Å². The Morgan fingerprint density at radius 1 is 0.519 bits per heavy atom. The van der Waals surface area contributed by atoms with Crippen LogP contribution in [0.1, 0.15) is 65.7 Å². The summed E-state index contributed by atoms with van der Waals surface area (Å²) in [6, 6.07) is 18.1. The standard InChI is InChI=1S/C23H28O4/c24-22(20-14-8-6-9-15-20)26-18-12-4-2-1-3-5-13-19-27-23(25)21-16-10-7-11-17-21/h6-11,14-17H,1-5,12-13,18-19H2. The Balaban J connectivity index is 1.39. The van der Waals surface area contributed by atoms with Gasteiger partial charge >= 0.3 is 11.9 Å². The molecule has 0 amide bonds. The first-order valence-electron chi connectivity index (χ1n) is 9.72. The second kappa shape index (κ2) is 12.7. The molecule has 0 aliphatic carbocycles. The Morgan fingerprint density at radius 3 is 1.22 bits per heavy atom. The smallest absolute Gasteiger partial charge is 0.338 e. The van der Waals surface area contributed by atoms with Crippen LogP contribution in [0, 0.1) is 0 Å². The summed E-state index contributed by atoms with van der Waals surface area (Å²) in [5.74, 6) is -0.499. The number of benzene rings is 2. The zero-order chi connectivity index (χ0) is 19.2. The zero-order valence-corrected chi connectivity index (χ0v) is 15.8. The second-order valence-corrected chi connectivity index (χ2v) is 6.48. The third kappa shape index (κ3) is 8.54. The van der Waals surface area contributed by atoms with Crippen LogP contribution < -0.4 is 0 Å². The van der Waals surface area contributed by atoms with Crippen LogP contribution in [0.2, 0.25) is 0 Å². The van der Waals surface area contributed by atoms with Gasteiger partial charge in [0.25, 0.3) is 0 Å². The van der Waals surface area contributed by atoms with Crippen LogP contribution in [0.25, 0.3) is 0 Å². The van der Waals surface area contributed by atoms with Crippen molar-refractivity contribution in [1.82, 2.24) is 0 Å². The van der Waals surface area contributed by atoms with Crippen molar-refractivity contribution in [1.29, 1.82) is 0 Å². The molecule has 4 nitrogen and oxygen atoms in total. The molecule has 0 atom stereocenters. The third-order valence-corrected chi connectivity index (χ3v) is 4.27. The maximum Gasteiger partial charge on any atom is 0.338 e. The van der Waals surface area contributed by atoms with Crippen molar-refractivity contribution in [2.24, 2.45) is 0 Å². The van der Waals surface area contributed by atoms with Gasteiger partial charge in [0, 0.05) is 0 Å². The average molecular weight is 368 g/mol. The molecular formula is C23H28O4. The van der Waals surface area contributed by atoms with E-state index in [0.717, 1.165) is 44.9 Å². The maximum atomic E-state index is 11.8. The van der Waals surface area contributed by atoms with Gasteiger partial charge in [0.15, 0.2) is 0 Å². The normalized spacial score (nSPS) is 10.4. The Morgan fingerprint density at radius 2 is 0.852 bits per heavy atom. The third-order valence-electron chi connectivity index (χ3n) is 4.27. The molecule has 0 bridgehead atoms. The Hall–Kier alpha value is -2.62. The zero-order valence-electron chi connectivity index (χ0n) is 15.8. The topological polar surface area (TPSA) is 52.6 Å². The van der Waals surface area contributed by atoms with Gasteiger partial charge in [-0.1, -0.05) is 68.5 Å². The summed E-state index contributed by atoms with van der Waals surface area (Å²) < 4.78 is 10.5. The van der Waals surface area contributed by atoms with E-state index in [9.17, 15) is 9.59 Å². The number of rotatable bonds is 12. The summed E-state index contributed by atoms with van der Waals surface area (Å²) >= 11 is 0. The van der Waals surface area contributed by atoms with Crippen LogP contribution in [0.4, 0.5) is 0 Å². The van der Waals surface area contributed by atoms with E-state index >= 15 is 0 Å². The van der Waals surface area contributed by atoms with Crippen LogP contribution in [0.3, 0.4) is 0 Å². The summed E-state index contributed by atoms with van der Waals surface area (Å²) in [7, 11) is 0. The van der Waals surface area contributed by atoms with Crippen LogP contribution in [0.15, 0.2) is 60.7 Å². The highest BCUT2D eigenvalue weighted by molar-refractivity contribution is 5.89. The van der Waals surface area contributed by atoms with Crippen molar-refractivity contribution >= 4 is 11.9 Å². The minimum absolute atomic E-state index is 0.249. The van der Waals surface area contributed by atoms with Crippen molar-refractivity contribution in [2.75, 3.05) is 13.2 Å². The molecule has 0 saturated carbocycles. The molecule has 0 heterocycles. The molecule has 0 unspecified atom stereocenters. The molecule has 144 valence electrons. The lowest BCUT2D eigenvalue weighted by Gasteiger charge is -2.06. The van der Waals surface area contributed by atoms with E-state index in [4.69, 9.17) is 9.47 Å². The largest absolute Gasteiger partial charge is 0.462 e. The van der Waals surface area contributed by atoms with E-state index in [2.05, 4.69) is 0 Å². The summed E-state index contributed by atoms with van der Waals surface area (Å²) in [6.07, 6.45) is 7.33. The second-order valence-electron chi connectivity index (χ2n) is 6.48. The molecular weight excluding hydrogens is 340 g/mol. The number of esters is 2. The monoisotopic (exact) mass is 368 g/mol. The molecule has 0 saturated heterocycles. The predicted molar refractivity (Wildman–Crippen MR) is 106 cm³/mol. The minimum atomic E-state index is -0.249. The number of unbranched alkanes of at least 4 members (excludes halogenated alkanes) is 6. The fourth-order valence-corrected chi connectivity index (χ4v) is 2.73. The van der Waals surface area contributed by atoms with Crippen LogP contribution >= 0.6 is 0 Å². The highest BCUT2D eigenvalue weighted by Crippen LogP contribution is 2.09. The van der Waals surface area contributed by atoms with Gasteiger partial charge in [-0.05, 0) is 37.1 Å². The first-order chi connectivity index (χ1) is 13.3. The lowest BCUT2D eigenvalue weighted by Crippen LogP contribution is -2.06. The number of hydrogen-bond acceptors (Lipinski definition) is 4. The molecule has 2 rings (SSSR count). The molecule has 0 aliphatic heterocycles. The summed E-state index contributed by atoms with van der Waals surface area (Å²) in [5.41, 5.74) is 1.20. The number of hydrogen-bond donors (Lipinski definition) is 0. The predicted octanol–water partition coefficient (Wildman–Crippen LogP) is 5.43. The molecule has 2 aromatic carbocycles. The van der Waals surface area contributed by atoms with Crippen molar-refractivity contribution in [3.63, 3.8) is 0 Å². The van der Waals surface area contributed by atoms with Gasteiger partial charge in [0.05, 0.1) is 24.3 Å².